The molecule has 0 bridgehead atoms. The number of aliphatic hydroxyl groups excluding tert-OH is 1. The number of likely N-dealkylation sites (tertiary alicyclic amines) is 1. The second-order valence-electron chi connectivity index (χ2n) is 6.85. The van der Waals surface area contributed by atoms with E-state index in [1.54, 1.807) is 6.07 Å². The van der Waals surface area contributed by atoms with Crippen molar-refractivity contribution in [2.24, 2.45) is 5.73 Å². The zero-order valence-corrected chi connectivity index (χ0v) is 13.3. The summed E-state index contributed by atoms with van der Waals surface area (Å²) in [5.41, 5.74) is 9.46. The molecule has 1 aromatic rings. The number of piperidine rings is 1. The highest BCUT2D eigenvalue weighted by Crippen LogP contribution is 2.30. The first-order valence-corrected chi connectivity index (χ1v) is 7.86. The van der Waals surface area contributed by atoms with Gasteiger partial charge >= 0.3 is 5.97 Å². The van der Waals surface area contributed by atoms with Crippen molar-refractivity contribution in [2.75, 3.05) is 19.6 Å². The largest absolute Gasteiger partial charge is 0.457 e. The highest BCUT2D eigenvalue weighted by Gasteiger charge is 2.29. The zero-order chi connectivity index (χ0) is 15.9. The highest BCUT2D eigenvalue weighted by molar-refractivity contribution is 5.93. The maximum atomic E-state index is 11.6. The Kier molecular flexibility index (Phi) is 3.97. The molecule has 120 valence electrons. The number of carbonyl (C=O) groups excluding carboxylic acids is 1. The fourth-order valence-electron chi connectivity index (χ4n) is 3.32. The summed E-state index contributed by atoms with van der Waals surface area (Å²) in [7, 11) is 0. The van der Waals surface area contributed by atoms with E-state index < -0.39 is 6.10 Å². The van der Waals surface area contributed by atoms with Gasteiger partial charge in [0.1, 0.15) is 6.61 Å². The van der Waals surface area contributed by atoms with Crippen LogP contribution < -0.4 is 5.73 Å². The van der Waals surface area contributed by atoms with Crippen molar-refractivity contribution in [2.45, 2.75) is 44.9 Å². The molecule has 0 radical (unpaired) electrons. The molecule has 2 aliphatic heterocycles. The number of aliphatic hydroxyl groups is 1. The Morgan fingerprint density at radius 3 is 2.77 bits per heavy atom. The van der Waals surface area contributed by atoms with E-state index in [1.807, 2.05) is 13.0 Å². The Morgan fingerprint density at radius 2 is 2.09 bits per heavy atom. The second-order valence-corrected chi connectivity index (χ2v) is 6.85. The number of hydrogen-bond donors (Lipinski definition) is 2. The van der Waals surface area contributed by atoms with Crippen LogP contribution in [0.25, 0.3) is 0 Å². The van der Waals surface area contributed by atoms with Crippen LogP contribution in [-0.2, 0) is 11.3 Å². The summed E-state index contributed by atoms with van der Waals surface area (Å²) >= 11 is 0. The Hall–Kier alpha value is -1.43. The highest BCUT2D eigenvalue weighted by atomic mass is 16.5. The maximum Gasteiger partial charge on any atom is 0.338 e. The Morgan fingerprint density at radius 1 is 1.41 bits per heavy atom. The minimum absolute atomic E-state index is 0.0807. The summed E-state index contributed by atoms with van der Waals surface area (Å²) < 4.78 is 5.07. The topological polar surface area (TPSA) is 75.8 Å². The van der Waals surface area contributed by atoms with E-state index in [-0.39, 0.29) is 11.5 Å². The third-order valence-corrected chi connectivity index (χ3v) is 5.00. The molecule has 0 amide bonds. The molecule has 5 nitrogen and oxygen atoms in total. The molecular formula is C17H24N2O3. The monoisotopic (exact) mass is 304 g/mol. The number of carbonyl (C=O) groups is 1. The molecule has 1 aromatic carbocycles. The summed E-state index contributed by atoms with van der Waals surface area (Å²) in [5, 5.41) is 10.6. The van der Waals surface area contributed by atoms with E-state index in [1.165, 1.54) is 0 Å². The number of benzene rings is 1. The summed E-state index contributed by atoms with van der Waals surface area (Å²) in [6.45, 7) is 6.78. The quantitative estimate of drug-likeness (QED) is 0.828. The van der Waals surface area contributed by atoms with Crippen molar-refractivity contribution in [1.29, 1.82) is 0 Å². The van der Waals surface area contributed by atoms with Gasteiger partial charge in [-0.15, -0.1) is 0 Å². The van der Waals surface area contributed by atoms with Crippen molar-refractivity contribution >= 4 is 5.97 Å². The number of ether oxygens (including phenoxy) is 1. The molecule has 1 fully saturated rings. The van der Waals surface area contributed by atoms with Gasteiger partial charge in [-0.2, -0.15) is 0 Å². The third-order valence-electron chi connectivity index (χ3n) is 5.00. The molecule has 1 atom stereocenters. The fraction of sp³-hybridized carbons (Fsp3) is 0.588. The van der Waals surface area contributed by atoms with Crippen LogP contribution >= 0.6 is 0 Å². The number of fused-ring (bicyclic) bond motifs is 1. The lowest BCUT2D eigenvalue weighted by molar-refractivity contribution is 0.0535. The van der Waals surface area contributed by atoms with Crippen molar-refractivity contribution in [3.63, 3.8) is 0 Å². The molecule has 0 saturated carbocycles. The van der Waals surface area contributed by atoms with Crippen LogP contribution in [0.3, 0.4) is 0 Å². The number of hydrogen-bond acceptors (Lipinski definition) is 5. The van der Waals surface area contributed by atoms with Gasteiger partial charge in [-0.05, 0) is 57.0 Å². The lowest BCUT2D eigenvalue weighted by Gasteiger charge is -2.37. The molecule has 1 saturated heterocycles. The summed E-state index contributed by atoms with van der Waals surface area (Å²) in [5.74, 6) is -0.266. The SMILES string of the molecule is Cc1c([C@@H](O)CN2CCC(C)(N)CC2)ccc2c1COC2=O. The number of nitrogens with zero attached hydrogens (tertiary/aromatic N) is 1. The summed E-state index contributed by atoms with van der Waals surface area (Å²) in [6, 6.07) is 3.62. The molecule has 3 N–H and O–H groups in total. The smallest absolute Gasteiger partial charge is 0.338 e. The second kappa shape index (κ2) is 5.65. The van der Waals surface area contributed by atoms with Gasteiger partial charge in [-0.3, -0.25) is 0 Å². The van der Waals surface area contributed by atoms with Gasteiger partial charge in [0.05, 0.1) is 11.7 Å². The van der Waals surface area contributed by atoms with Crippen LogP contribution in [0.2, 0.25) is 0 Å². The molecule has 0 unspecified atom stereocenters. The van der Waals surface area contributed by atoms with E-state index in [0.717, 1.165) is 42.6 Å². The first kappa shape index (κ1) is 15.5. The first-order valence-electron chi connectivity index (χ1n) is 7.86. The Labute approximate surface area is 131 Å². The van der Waals surface area contributed by atoms with Crippen molar-refractivity contribution < 1.29 is 14.6 Å². The number of nitrogens with two attached hydrogens (primary N) is 1. The van der Waals surface area contributed by atoms with Gasteiger partial charge < -0.3 is 20.5 Å². The fourth-order valence-corrected chi connectivity index (χ4v) is 3.32. The minimum Gasteiger partial charge on any atom is -0.457 e. The lowest BCUT2D eigenvalue weighted by Crippen LogP contribution is -2.49. The van der Waals surface area contributed by atoms with E-state index in [0.29, 0.717) is 18.7 Å². The molecule has 5 heteroatoms. The molecule has 2 heterocycles. The minimum atomic E-state index is -0.553. The van der Waals surface area contributed by atoms with Gasteiger partial charge in [0.2, 0.25) is 0 Å². The van der Waals surface area contributed by atoms with Crippen LogP contribution in [0.1, 0.15) is 52.9 Å². The van der Waals surface area contributed by atoms with E-state index in [2.05, 4.69) is 11.8 Å². The molecule has 2 aliphatic rings. The number of cyclic esters (lactones) is 1. The number of rotatable bonds is 3. The molecule has 3 rings (SSSR count). The van der Waals surface area contributed by atoms with Gasteiger partial charge in [0, 0.05) is 17.6 Å². The number of esters is 1. The van der Waals surface area contributed by atoms with Crippen LogP contribution in [0.4, 0.5) is 0 Å². The maximum absolute atomic E-state index is 11.6. The third kappa shape index (κ3) is 2.89. The number of β-amino-alcohol motifs (C(OH)–C–C–N with tert-alkyl or cyclic N) is 1. The van der Waals surface area contributed by atoms with Crippen LogP contribution in [-0.4, -0.2) is 41.1 Å². The summed E-state index contributed by atoms with van der Waals surface area (Å²) in [6.07, 6.45) is 1.35. The first-order chi connectivity index (χ1) is 10.4. The Bertz CT molecular complexity index is 588. The molecule has 0 aliphatic carbocycles. The molecular weight excluding hydrogens is 280 g/mol. The van der Waals surface area contributed by atoms with Crippen molar-refractivity contribution in [3.8, 4) is 0 Å². The predicted molar refractivity (Wildman–Crippen MR) is 83.5 cm³/mol. The molecule has 0 spiro atoms. The Balaban J connectivity index is 1.71. The van der Waals surface area contributed by atoms with Crippen LogP contribution in [0.15, 0.2) is 12.1 Å². The van der Waals surface area contributed by atoms with Gasteiger partial charge in [-0.1, -0.05) is 6.07 Å². The van der Waals surface area contributed by atoms with Crippen LogP contribution in [0, 0.1) is 6.92 Å². The van der Waals surface area contributed by atoms with Gasteiger partial charge in [0.25, 0.3) is 0 Å². The molecule has 0 aromatic heterocycles. The van der Waals surface area contributed by atoms with Crippen molar-refractivity contribution in [3.05, 3.63) is 34.4 Å². The lowest BCUT2D eigenvalue weighted by atomic mass is 9.90. The van der Waals surface area contributed by atoms with Crippen LogP contribution in [0.5, 0.6) is 0 Å². The molecule has 22 heavy (non-hydrogen) atoms. The zero-order valence-electron chi connectivity index (χ0n) is 13.3. The van der Waals surface area contributed by atoms with E-state index in [4.69, 9.17) is 10.5 Å². The standard InChI is InChI=1S/C17H24N2O3/c1-11-12(3-4-13-14(11)10-22-16(13)21)15(20)9-19-7-5-17(2,18)6-8-19/h3-4,15,20H,5-10,18H2,1-2H3/t15-/m0/s1. The average molecular weight is 304 g/mol. The summed E-state index contributed by atoms with van der Waals surface area (Å²) in [4.78, 5) is 13.8. The van der Waals surface area contributed by atoms with E-state index in [9.17, 15) is 9.90 Å². The van der Waals surface area contributed by atoms with Gasteiger partial charge in [-0.25, -0.2) is 4.79 Å². The normalized spacial score (nSPS) is 22.3. The van der Waals surface area contributed by atoms with Gasteiger partial charge in [0.15, 0.2) is 0 Å². The van der Waals surface area contributed by atoms with E-state index >= 15 is 0 Å². The average Bonchev–Trinajstić information content (AvgIpc) is 2.84. The predicted octanol–water partition coefficient (Wildman–Crippen LogP) is 1.51. The van der Waals surface area contributed by atoms with Crippen molar-refractivity contribution in [1.82, 2.24) is 4.90 Å².